The van der Waals surface area contributed by atoms with E-state index in [0.717, 1.165) is 43.9 Å². The highest BCUT2D eigenvalue weighted by molar-refractivity contribution is 7.89. The van der Waals surface area contributed by atoms with Crippen LogP contribution < -0.4 is 14.9 Å². The summed E-state index contributed by atoms with van der Waals surface area (Å²) >= 11 is 0. The molecule has 2 heterocycles. The molecule has 2 aromatic rings. The van der Waals surface area contributed by atoms with Gasteiger partial charge in [-0.3, -0.25) is 0 Å². The number of aromatic nitrogens is 2. The number of nitrogens with one attached hydrogen (secondary N) is 2. The van der Waals surface area contributed by atoms with Gasteiger partial charge >= 0.3 is 0 Å². The Hall–Kier alpha value is -2.33. The standard InChI is InChI=1S/C16H19F2N5O2S/c17-13-4-3-12(9-14(13)18)26(24,25)22-6-5-19-15-10-16(21-11-20-15)23-7-1-2-8-23/h3-4,9-11,22H,1-2,5-8H2,(H,19,20,21). The number of hydrogen-bond acceptors (Lipinski definition) is 6. The van der Waals surface area contributed by atoms with Crippen LogP contribution in [-0.2, 0) is 10.0 Å². The van der Waals surface area contributed by atoms with Gasteiger partial charge in [0, 0.05) is 32.2 Å². The van der Waals surface area contributed by atoms with E-state index in [-0.39, 0.29) is 18.0 Å². The minimum Gasteiger partial charge on any atom is -0.369 e. The maximum absolute atomic E-state index is 13.2. The number of halogens is 2. The minimum atomic E-state index is -3.91. The molecule has 140 valence electrons. The van der Waals surface area contributed by atoms with E-state index in [2.05, 4.69) is 24.9 Å². The number of anilines is 2. The van der Waals surface area contributed by atoms with E-state index in [1.807, 2.05) is 6.07 Å². The number of hydrogen-bond donors (Lipinski definition) is 2. The maximum atomic E-state index is 13.2. The summed E-state index contributed by atoms with van der Waals surface area (Å²) in [7, 11) is -3.91. The Balaban J connectivity index is 1.53. The lowest BCUT2D eigenvalue weighted by Crippen LogP contribution is -2.29. The summed E-state index contributed by atoms with van der Waals surface area (Å²) in [5, 5.41) is 3.01. The second kappa shape index (κ2) is 7.92. The second-order valence-corrected chi connectivity index (χ2v) is 7.62. The van der Waals surface area contributed by atoms with Crippen molar-refractivity contribution < 1.29 is 17.2 Å². The third-order valence-electron chi connectivity index (χ3n) is 4.01. The molecule has 1 aliphatic heterocycles. The molecule has 26 heavy (non-hydrogen) atoms. The van der Waals surface area contributed by atoms with Crippen LogP contribution in [0.15, 0.2) is 35.5 Å². The van der Waals surface area contributed by atoms with Gasteiger partial charge in [-0.05, 0) is 31.0 Å². The van der Waals surface area contributed by atoms with Gasteiger partial charge in [0.2, 0.25) is 10.0 Å². The number of rotatable bonds is 7. The van der Waals surface area contributed by atoms with Crippen LogP contribution in [0.25, 0.3) is 0 Å². The van der Waals surface area contributed by atoms with Crippen LogP contribution in [0.5, 0.6) is 0 Å². The monoisotopic (exact) mass is 383 g/mol. The molecule has 0 radical (unpaired) electrons. The summed E-state index contributed by atoms with van der Waals surface area (Å²) in [6, 6.07) is 4.26. The topological polar surface area (TPSA) is 87.2 Å². The van der Waals surface area contributed by atoms with Crippen molar-refractivity contribution in [2.75, 3.05) is 36.4 Å². The predicted molar refractivity (Wildman–Crippen MR) is 93.5 cm³/mol. The van der Waals surface area contributed by atoms with E-state index in [1.165, 1.54) is 6.33 Å². The van der Waals surface area contributed by atoms with Crippen molar-refractivity contribution >= 4 is 21.7 Å². The van der Waals surface area contributed by atoms with Gasteiger partial charge in [0.05, 0.1) is 4.90 Å². The van der Waals surface area contributed by atoms with E-state index in [4.69, 9.17) is 0 Å². The van der Waals surface area contributed by atoms with Gasteiger partial charge in [0.25, 0.3) is 0 Å². The first-order chi connectivity index (χ1) is 12.5. The SMILES string of the molecule is O=S(=O)(NCCNc1cc(N2CCCC2)ncn1)c1ccc(F)c(F)c1. The average Bonchev–Trinajstić information content (AvgIpc) is 3.16. The molecule has 0 atom stereocenters. The first-order valence-corrected chi connectivity index (χ1v) is 9.69. The van der Waals surface area contributed by atoms with Crippen LogP contribution in [0, 0.1) is 11.6 Å². The maximum Gasteiger partial charge on any atom is 0.240 e. The number of benzene rings is 1. The zero-order valence-corrected chi connectivity index (χ0v) is 14.8. The van der Waals surface area contributed by atoms with Gasteiger partial charge in [-0.25, -0.2) is 31.9 Å². The largest absolute Gasteiger partial charge is 0.369 e. The summed E-state index contributed by atoms with van der Waals surface area (Å²) in [5.74, 6) is -0.874. The Labute approximate surface area is 150 Å². The molecule has 3 rings (SSSR count). The molecular weight excluding hydrogens is 364 g/mol. The van der Waals surface area contributed by atoms with Gasteiger partial charge in [-0.15, -0.1) is 0 Å². The van der Waals surface area contributed by atoms with E-state index in [1.54, 1.807) is 0 Å². The highest BCUT2D eigenvalue weighted by Gasteiger charge is 2.16. The number of sulfonamides is 1. The van der Waals surface area contributed by atoms with E-state index >= 15 is 0 Å². The van der Waals surface area contributed by atoms with Gasteiger partial charge in [-0.2, -0.15) is 0 Å². The number of nitrogens with zero attached hydrogens (tertiary/aromatic N) is 3. The first kappa shape index (κ1) is 18.5. The van der Waals surface area contributed by atoms with Crippen molar-refractivity contribution in [2.24, 2.45) is 0 Å². The molecule has 1 aliphatic rings. The Bertz CT molecular complexity index is 873. The van der Waals surface area contributed by atoms with Crippen molar-refractivity contribution in [3.63, 3.8) is 0 Å². The molecule has 1 fully saturated rings. The van der Waals surface area contributed by atoms with Crippen molar-refractivity contribution in [3.8, 4) is 0 Å². The molecule has 1 aromatic carbocycles. The van der Waals surface area contributed by atoms with Crippen LogP contribution >= 0.6 is 0 Å². The van der Waals surface area contributed by atoms with E-state index in [9.17, 15) is 17.2 Å². The zero-order valence-electron chi connectivity index (χ0n) is 14.0. The average molecular weight is 383 g/mol. The summed E-state index contributed by atoms with van der Waals surface area (Å²) in [6.07, 6.45) is 3.73. The van der Waals surface area contributed by atoms with Crippen LogP contribution in [0.2, 0.25) is 0 Å². The molecule has 0 spiro atoms. The van der Waals surface area contributed by atoms with Crippen LogP contribution in [0.3, 0.4) is 0 Å². The molecule has 1 aromatic heterocycles. The first-order valence-electron chi connectivity index (χ1n) is 8.21. The van der Waals surface area contributed by atoms with Crippen molar-refractivity contribution in [1.29, 1.82) is 0 Å². The highest BCUT2D eigenvalue weighted by atomic mass is 32.2. The van der Waals surface area contributed by atoms with E-state index < -0.39 is 21.7 Å². The summed E-state index contributed by atoms with van der Waals surface area (Å²) in [6.45, 7) is 2.26. The lowest BCUT2D eigenvalue weighted by molar-refractivity contribution is 0.504. The molecule has 7 nitrogen and oxygen atoms in total. The lowest BCUT2D eigenvalue weighted by Gasteiger charge is -2.16. The predicted octanol–water partition coefficient (Wildman–Crippen LogP) is 1.75. The van der Waals surface area contributed by atoms with Crippen molar-refractivity contribution in [2.45, 2.75) is 17.7 Å². The molecule has 0 unspecified atom stereocenters. The fraction of sp³-hybridized carbons (Fsp3) is 0.375. The smallest absolute Gasteiger partial charge is 0.240 e. The van der Waals surface area contributed by atoms with Crippen LogP contribution in [-0.4, -0.2) is 44.6 Å². The van der Waals surface area contributed by atoms with Gasteiger partial charge in [0.1, 0.15) is 18.0 Å². The van der Waals surface area contributed by atoms with Crippen molar-refractivity contribution in [3.05, 3.63) is 42.2 Å². The molecule has 0 amide bonds. The summed E-state index contributed by atoms with van der Waals surface area (Å²) in [4.78, 5) is 10.2. The third-order valence-corrected chi connectivity index (χ3v) is 5.47. The molecule has 1 saturated heterocycles. The van der Waals surface area contributed by atoms with Crippen LogP contribution in [0.1, 0.15) is 12.8 Å². The summed E-state index contributed by atoms with van der Waals surface area (Å²) < 4.78 is 52.6. The molecule has 0 aliphatic carbocycles. The van der Waals surface area contributed by atoms with E-state index in [0.29, 0.717) is 11.9 Å². The van der Waals surface area contributed by atoms with Gasteiger partial charge < -0.3 is 10.2 Å². The Morgan fingerprint density at radius 3 is 2.54 bits per heavy atom. The molecule has 0 bridgehead atoms. The second-order valence-electron chi connectivity index (χ2n) is 5.86. The third kappa shape index (κ3) is 4.44. The van der Waals surface area contributed by atoms with Crippen molar-refractivity contribution in [1.82, 2.24) is 14.7 Å². The fourth-order valence-electron chi connectivity index (χ4n) is 2.67. The lowest BCUT2D eigenvalue weighted by atomic mass is 10.3. The molecular formula is C16H19F2N5O2S. The Morgan fingerprint density at radius 2 is 1.81 bits per heavy atom. The molecule has 2 N–H and O–H groups in total. The highest BCUT2D eigenvalue weighted by Crippen LogP contribution is 2.19. The zero-order chi connectivity index (χ0) is 18.6. The Morgan fingerprint density at radius 1 is 1.04 bits per heavy atom. The quantitative estimate of drug-likeness (QED) is 0.709. The van der Waals surface area contributed by atoms with Gasteiger partial charge in [-0.1, -0.05) is 0 Å². The fourth-order valence-corrected chi connectivity index (χ4v) is 3.71. The van der Waals surface area contributed by atoms with Crippen LogP contribution in [0.4, 0.5) is 20.4 Å². The minimum absolute atomic E-state index is 0.0599. The molecule has 0 saturated carbocycles. The molecule has 10 heteroatoms. The van der Waals surface area contributed by atoms with Gasteiger partial charge in [0.15, 0.2) is 11.6 Å². The summed E-state index contributed by atoms with van der Waals surface area (Å²) in [5.41, 5.74) is 0. The Kier molecular flexibility index (Phi) is 5.62. The normalized spacial score (nSPS) is 14.6.